The molecule has 0 saturated heterocycles. The van der Waals surface area contributed by atoms with Crippen LogP contribution in [0.3, 0.4) is 0 Å². The molecule has 0 spiro atoms. The van der Waals surface area contributed by atoms with Crippen LogP contribution >= 0.6 is 21.6 Å². The van der Waals surface area contributed by atoms with E-state index >= 15 is 0 Å². The first-order chi connectivity index (χ1) is 13.3. The van der Waals surface area contributed by atoms with Crippen LogP contribution in [0.15, 0.2) is 0 Å². The highest BCUT2D eigenvalue weighted by Gasteiger charge is 2.11. The minimum atomic E-state index is 0.371. The number of hydrogen-bond donors (Lipinski definition) is 0. The zero-order chi connectivity index (χ0) is 20.0. The molecule has 1 amide bonds. The van der Waals surface area contributed by atoms with Gasteiger partial charge in [0.15, 0.2) is 0 Å². The molecule has 0 aliphatic carbocycles. The molecule has 0 radical (unpaired) electrons. The van der Waals surface area contributed by atoms with Crippen LogP contribution < -0.4 is 0 Å². The highest BCUT2D eigenvalue weighted by atomic mass is 33.1. The SMILES string of the molecule is CCCCCCCCCN(CCC)C(=O)CCSSCCCCCCCC. The van der Waals surface area contributed by atoms with Crippen LogP contribution in [-0.2, 0) is 4.79 Å². The van der Waals surface area contributed by atoms with Crippen molar-refractivity contribution in [3.8, 4) is 0 Å². The van der Waals surface area contributed by atoms with Crippen molar-refractivity contribution in [1.29, 1.82) is 0 Å². The van der Waals surface area contributed by atoms with Crippen molar-refractivity contribution in [2.24, 2.45) is 0 Å². The van der Waals surface area contributed by atoms with Gasteiger partial charge in [0.1, 0.15) is 0 Å². The highest BCUT2D eigenvalue weighted by Crippen LogP contribution is 2.24. The molecular weight excluding hydrogens is 370 g/mol. The summed E-state index contributed by atoms with van der Waals surface area (Å²) in [5.74, 6) is 2.58. The molecule has 0 N–H and O–H groups in total. The molecule has 0 aliphatic rings. The third-order valence-electron chi connectivity index (χ3n) is 4.94. The molecule has 0 atom stereocenters. The van der Waals surface area contributed by atoms with E-state index < -0.39 is 0 Å². The van der Waals surface area contributed by atoms with Gasteiger partial charge in [-0.05, 0) is 19.3 Å². The zero-order valence-electron chi connectivity index (χ0n) is 18.6. The summed E-state index contributed by atoms with van der Waals surface area (Å²) >= 11 is 0. The Hall–Kier alpha value is 0.170. The average Bonchev–Trinajstić information content (AvgIpc) is 2.67. The second-order valence-electron chi connectivity index (χ2n) is 7.66. The number of amides is 1. The third-order valence-corrected chi connectivity index (χ3v) is 7.43. The molecule has 0 rings (SSSR count). The maximum absolute atomic E-state index is 12.5. The quantitative estimate of drug-likeness (QED) is 0.139. The Bertz CT molecular complexity index is 313. The molecule has 0 aliphatic heterocycles. The molecule has 4 heteroatoms. The fourth-order valence-electron chi connectivity index (χ4n) is 3.24. The molecule has 0 aromatic carbocycles. The van der Waals surface area contributed by atoms with E-state index in [0.29, 0.717) is 12.3 Å². The van der Waals surface area contributed by atoms with Gasteiger partial charge in [0.2, 0.25) is 5.91 Å². The van der Waals surface area contributed by atoms with E-state index in [9.17, 15) is 4.79 Å². The summed E-state index contributed by atoms with van der Waals surface area (Å²) in [5, 5.41) is 0. The second-order valence-corrected chi connectivity index (χ2v) is 10.4. The Morgan fingerprint density at radius 1 is 0.593 bits per heavy atom. The number of hydrogen-bond acceptors (Lipinski definition) is 3. The first kappa shape index (κ1) is 27.2. The van der Waals surface area contributed by atoms with Crippen LogP contribution in [0.4, 0.5) is 0 Å². The van der Waals surface area contributed by atoms with Crippen LogP contribution in [0.1, 0.15) is 117 Å². The van der Waals surface area contributed by atoms with Gasteiger partial charge in [-0.1, -0.05) is 113 Å². The largest absolute Gasteiger partial charge is 0.343 e. The van der Waals surface area contributed by atoms with Crippen LogP contribution in [-0.4, -0.2) is 35.4 Å². The topological polar surface area (TPSA) is 20.3 Å². The van der Waals surface area contributed by atoms with Crippen molar-refractivity contribution in [2.45, 2.75) is 117 Å². The van der Waals surface area contributed by atoms with Gasteiger partial charge in [0.25, 0.3) is 0 Å². The molecule has 27 heavy (non-hydrogen) atoms. The molecule has 2 nitrogen and oxygen atoms in total. The first-order valence-corrected chi connectivity index (χ1v) is 14.3. The minimum Gasteiger partial charge on any atom is -0.343 e. The molecule has 0 bridgehead atoms. The third kappa shape index (κ3) is 19.3. The standard InChI is InChI=1S/C23H47NOS2/c1-4-7-9-11-13-14-16-20-24(19-6-3)23(25)18-22-27-26-21-17-15-12-10-8-5-2/h4-22H2,1-3H3. The van der Waals surface area contributed by atoms with Crippen LogP contribution in [0, 0.1) is 0 Å². The Balaban J connectivity index is 3.62. The summed E-state index contributed by atoms with van der Waals surface area (Å²) in [6, 6.07) is 0. The van der Waals surface area contributed by atoms with Crippen molar-refractivity contribution in [1.82, 2.24) is 4.90 Å². The van der Waals surface area contributed by atoms with Gasteiger partial charge in [-0.3, -0.25) is 4.79 Å². The van der Waals surface area contributed by atoms with Gasteiger partial charge in [-0.15, -0.1) is 0 Å². The lowest BCUT2D eigenvalue weighted by atomic mass is 10.1. The van der Waals surface area contributed by atoms with Gasteiger partial charge in [-0.2, -0.15) is 0 Å². The monoisotopic (exact) mass is 417 g/mol. The lowest BCUT2D eigenvalue weighted by Gasteiger charge is -2.22. The lowest BCUT2D eigenvalue weighted by Crippen LogP contribution is -2.32. The summed E-state index contributed by atoms with van der Waals surface area (Å²) in [5.41, 5.74) is 0. The summed E-state index contributed by atoms with van der Waals surface area (Å²) in [7, 11) is 3.85. The van der Waals surface area contributed by atoms with Crippen molar-refractivity contribution >= 4 is 27.5 Å². The maximum Gasteiger partial charge on any atom is 0.223 e. The predicted molar refractivity (Wildman–Crippen MR) is 128 cm³/mol. The lowest BCUT2D eigenvalue weighted by molar-refractivity contribution is -0.130. The van der Waals surface area contributed by atoms with Gasteiger partial charge in [0.05, 0.1) is 0 Å². The van der Waals surface area contributed by atoms with E-state index in [2.05, 4.69) is 25.7 Å². The fourth-order valence-corrected chi connectivity index (χ4v) is 5.36. The Morgan fingerprint density at radius 3 is 1.70 bits per heavy atom. The predicted octanol–water partition coefficient (Wildman–Crippen LogP) is 8.11. The average molecular weight is 418 g/mol. The molecular formula is C23H47NOS2. The molecule has 0 saturated carbocycles. The van der Waals surface area contributed by atoms with Crippen molar-refractivity contribution < 1.29 is 4.79 Å². The summed E-state index contributed by atoms with van der Waals surface area (Å²) in [6.45, 7) is 8.61. The Kier molecular flexibility index (Phi) is 22.6. The molecule has 0 aromatic heterocycles. The van der Waals surface area contributed by atoms with Crippen molar-refractivity contribution in [3.05, 3.63) is 0 Å². The van der Waals surface area contributed by atoms with Crippen LogP contribution in [0.2, 0.25) is 0 Å². The number of carbonyl (C=O) groups is 1. The van der Waals surface area contributed by atoms with E-state index in [4.69, 9.17) is 0 Å². The van der Waals surface area contributed by atoms with E-state index in [0.717, 1.165) is 25.3 Å². The van der Waals surface area contributed by atoms with Crippen molar-refractivity contribution in [3.63, 3.8) is 0 Å². The Labute approximate surface area is 178 Å². The minimum absolute atomic E-state index is 0.371. The molecule has 0 aromatic rings. The zero-order valence-corrected chi connectivity index (χ0v) is 20.2. The summed E-state index contributed by atoms with van der Waals surface area (Å²) in [4.78, 5) is 14.6. The van der Waals surface area contributed by atoms with Crippen LogP contribution in [0.5, 0.6) is 0 Å². The van der Waals surface area contributed by atoms with E-state index in [-0.39, 0.29) is 0 Å². The number of rotatable bonds is 21. The molecule has 0 unspecified atom stereocenters. The smallest absolute Gasteiger partial charge is 0.223 e. The van der Waals surface area contributed by atoms with E-state index in [1.165, 1.54) is 89.2 Å². The normalized spacial score (nSPS) is 11.1. The van der Waals surface area contributed by atoms with Gasteiger partial charge < -0.3 is 4.90 Å². The summed E-state index contributed by atoms with van der Waals surface area (Å²) < 4.78 is 0. The summed E-state index contributed by atoms with van der Waals surface area (Å²) in [6.07, 6.45) is 19.2. The molecule has 162 valence electrons. The fraction of sp³-hybridized carbons (Fsp3) is 0.957. The van der Waals surface area contributed by atoms with Gasteiger partial charge in [-0.25, -0.2) is 0 Å². The molecule has 0 fully saturated rings. The second kappa shape index (κ2) is 22.5. The number of unbranched alkanes of at least 4 members (excludes halogenated alkanes) is 11. The van der Waals surface area contributed by atoms with E-state index in [1.54, 1.807) is 0 Å². The van der Waals surface area contributed by atoms with Crippen LogP contribution in [0.25, 0.3) is 0 Å². The Morgan fingerprint density at radius 2 is 1.11 bits per heavy atom. The highest BCUT2D eigenvalue weighted by molar-refractivity contribution is 8.76. The number of carbonyl (C=O) groups excluding carboxylic acids is 1. The molecule has 0 heterocycles. The number of nitrogens with zero attached hydrogens (tertiary/aromatic N) is 1. The van der Waals surface area contributed by atoms with Crippen molar-refractivity contribution in [2.75, 3.05) is 24.6 Å². The maximum atomic E-state index is 12.5. The van der Waals surface area contributed by atoms with Gasteiger partial charge in [0, 0.05) is 31.0 Å². The van der Waals surface area contributed by atoms with E-state index in [1.807, 2.05) is 21.6 Å². The van der Waals surface area contributed by atoms with Gasteiger partial charge >= 0.3 is 0 Å². The first-order valence-electron chi connectivity index (χ1n) is 11.8.